The van der Waals surface area contributed by atoms with Crippen LogP contribution in [0.15, 0.2) is 36.5 Å². The van der Waals surface area contributed by atoms with Crippen molar-refractivity contribution in [2.24, 2.45) is 23.7 Å². The first-order chi connectivity index (χ1) is 14.1. The van der Waals surface area contributed by atoms with Gasteiger partial charge in [0.05, 0.1) is 18.5 Å². The van der Waals surface area contributed by atoms with Gasteiger partial charge in [0.1, 0.15) is 11.4 Å². The number of hydrogen-bond acceptors (Lipinski definition) is 4. The fourth-order valence-electron chi connectivity index (χ4n) is 6.27. The smallest absolute Gasteiger partial charge is 0.256 e. The molecule has 2 aromatic rings. The molecule has 6 nitrogen and oxygen atoms in total. The third kappa shape index (κ3) is 3.33. The molecule has 4 aliphatic rings. The summed E-state index contributed by atoms with van der Waals surface area (Å²) in [5, 5.41) is 17.4. The lowest BCUT2D eigenvalue weighted by Crippen LogP contribution is -2.55. The summed E-state index contributed by atoms with van der Waals surface area (Å²) >= 11 is 0. The Labute approximate surface area is 171 Å². The van der Waals surface area contributed by atoms with Gasteiger partial charge in [0.25, 0.3) is 5.91 Å². The fraction of sp³-hybridized carbons (Fsp3) is 0.565. The van der Waals surface area contributed by atoms with E-state index in [0.717, 1.165) is 23.3 Å². The molecule has 154 valence electrons. The van der Waals surface area contributed by atoms with E-state index in [9.17, 15) is 9.90 Å². The Morgan fingerprint density at radius 3 is 2.41 bits per heavy atom. The molecule has 1 heterocycles. The minimum atomic E-state index is -0.0376. The highest BCUT2D eigenvalue weighted by molar-refractivity contribution is 5.99. The number of nitrogens with one attached hydrogen (secondary N) is 1. The molecule has 29 heavy (non-hydrogen) atoms. The molecule has 0 radical (unpaired) electrons. The normalized spacial score (nSPS) is 29.8. The van der Waals surface area contributed by atoms with E-state index >= 15 is 0 Å². The van der Waals surface area contributed by atoms with Crippen LogP contribution in [-0.2, 0) is 0 Å². The zero-order valence-electron chi connectivity index (χ0n) is 17.0. The highest BCUT2D eigenvalue weighted by atomic mass is 16.3. The van der Waals surface area contributed by atoms with Gasteiger partial charge >= 0.3 is 0 Å². The molecule has 0 saturated heterocycles. The molecular formula is C23H30N4O2. The summed E-state index contributed by atoms with van der Waals surface area (Å²) in [4.78, 5) is 15.3. The van der Waals surface area contributed by atoms with Gasteiger partial charge in [-0.05, 0) is 67.9 Å². The maximum atomic E-state index is 13.4. The SMILES string of the molecule is CN(CCO)c1c(C(=O)NC2C3CC4CC(C3)CC2C4)cnn1-c1ccccc1. The fourth-order valence-corrected chi connectivity index (χ4v) is 6.27. The molecule has 6 heteroatoms. The van der Waals surface area contributed by atoms with Gasteiger partial charge in [-0.25, -0.2) is 4.68 Å². The van der Waals surface area contributed by atoms with Gasteiger partial charge in [0, 0.05) is 19.6 Å². The van der Waals surface area contributed by atoms with Crippen molar-refractivity contribution in [2.45, 2.75) is 38.1 Å². The molecule has 4 fully saturated rings. The zero-order chi connectivity index (χ0) is 20.0. The summed E-state index contributed by atoms with van der Waals surface area (Å²) in [5.74, 6) is 3.74. The molecule has 4 bridgehead atoms. The van der Waals surface area contributed by atoms with Crippen LogP contribution in [0, 0.1) is 23.7 Å². The number of nitrogens with zero attached hydrogens (tertiary/aromatic N) is 3. The van der Waals surface area contributed by atoms with Crippen molar-refractivity contribution in [3.63, 3.8) is 0 Å². The average Bonchev–Trinajstić information content (AvgIpc) is 3.16. The molecule has 2 N–H and O–H groups in total. The summed E-state index contributed by atoms with van der Waals surface area (Å²) < 4.78 is 1.79. The number of amides is 1. The van der Waals surface area contributed by atoms with E-state index in [-0.39, 0.29) is 12.5 Å². The van der Waals surface area contributed by atoms with E-state index in [1.54, 1.807) is 10.9 Å². The van der Waals surface area contributed by atoms with Gasteiger partial charge in [-0.1, -0.05) is 18.2 Å². The molecule has 0 unspecified atom stereocenters. The summed E-state index contributed by atoms with van der Waals surface area (Å²) in [6.45, 7) is 0.462. The van der Waals surface area contributed by atoms with Gasteiger partial charge < -0.3 is 15.3 Å². The summed E-state index contributed by atoms with van der Waals surface area (Å²) in [5.41, 5.74) is 1.49. The lowest BCUT2D eigenvalue weighted by molar-refractivity contribution is -0.0119. The van der Waals surface area contributed by atoms with Crippen molar-refractivity contribution >= 4 is 11.7 Å². The Morgan fingerprint density at radius 2 is 1.79 bits per heavy atom. The van der Waals surface area contributed by atoms with E-state index in [4.69, 9.17) is 0 Å². The minimum Gasteiger partial charge on any atom is -0.395 e. The van der Waals surface area contributed by atoms with E-state index < -0.39 is 0 Å². The molecule has 4 saturated carbocycles. The van der Waals surface area contributed by atoms with Crippen LogP contribution >= 0.6 is 0 Å². The number of aromatic nitrogens is 2. The van der Waals surface area contributed by atoms with Crippen LogP contribution in [0.5, 0.6) is 0 Å². The molecular weight excluding hydrogens is 364 g/mol. The maximum absolute atomic E-state index is 13.4. The number of aliphatic hydroxyl groups is 1. The average molecular weight is 395 g/mol. The van der Waals surface area contributed by atoms with Gasteiger partial charge in [-0.15, -0.1) is 0 Å². The third-order valence-corrected chi connectivity index (χ3v) is 7.31. The Bertz CT molecular complexity index is 850. The van der Waals surface area contributed by atoms with E-state index in [1.807, 2.05) is 42.3 Å². The highest BCUT2D eigenvalue weighted by Gasteiger charge is 2.48. The first-order valence-corrected chi connectivity index (χ1v) is 10.9. The molecule has 0 atom stereocenters. The second-order valence-electron chi connectivity index (χ2n) is 9.20. The van der Waals surface area contributed by atoms with Crippen LogP contribution in [-0.4, -0.2) is 47.0 Å². The van der Waals surface area contributed by atoms with Crippen LogP contribution in [0.3, 0.4) is 0 Å². The summed E-state index contributed by atoms with van der Waals surface area (Å²) in [7, 11) is 1.90. The second kappa shape index (κ2) is 7.48. The van der Waals surface area contributed by atoms with E-state index in [0.29, 0.717) is 30.0 Å². The number of para-hydroxylation sites is 1. The first kappa shape index (κ1) is 18.7. The number of carbonyl (C=O) groups excluding carboxylic acids is 1. The summed E-state index contributed by atoms with van der Waals surface area (Å²) in [6, 6.07) is 10.1. The van der Waals surface area contributed by atoms with Crippen LogP contribution in [0.1, 0.15) is 42.5 Å². The number of anilines is 1. The Morgan fingerprint density at radius 1 is 1.14 bits per heavy atom. The van der Waals surface area contributed by atoms with Crippen LogP contribution in [0.25, 0.3) is 5.69 Å². The first-order valence-electron chi connectivity index (χ1n) is 10.9. The Balaban J connectivity index is 1.43. The van der Waals surface area contributed by atoms with Crippen LogP contribution in [0.4, 0.5) is 5.82 Å². The molecule has 0 aliphatic heterocycles. The van der Waals surface area contributed by atoms with Crippen molar-refractivity contribution in [1.29, 1.82) is 0 Å². The van der Waals surface area contributed by atoms with Crippen molar-refractivity contribution < 1.29 is 9.90 Å². The Kier molecular flexibility index (Phi) is 4.82. The van der Waals surface area contributed by atoms with Crippen molar-refractivity contribution in [2.75, 3.05) is 25.1 Å². The van der Waals surface area contributed by atoms with Crippen molar-refractivity contribution in [1.82, 2.24) is 15.1 Å². The van der Waals surface area contributed by atoms with Crippen LogP contribution in [0.2, 0.25) is 0 Å². The van der Waals surface area contributed by atoms with Gasteiger partial charge in [0.2, 0.25) is 0 Å². The molecule has 4 aliphatic carbocycles. The number of carbonyl (C=O) groups is 1. The summed E-state index contributed by atoms with van der Waals surface area (Å²) in [6.07, 6.45) is 8.18. The van der Waals surface area contributed by atoms with Gasteiger partial charge in [-0.3, -0.25) is 4.79 Å². The number of aliphatic hydroxyl groups excluding tert-OH is 1. The number of likely N-dealkylation sites (N-methyl/N-ethyl adjacent to an activating group) is 1. The minimum absolute atomic E-state index is 0.0209. The largest absolute Gasteiger partial charge is 0.395 e. The quantitative estimate of drug-likeness (QED) is 0.790. The standard InChI is InChI=1S/C23H30N4O2/c1-26(7-8-28)23-20(14-24-27(23)19-5-3-2-4-6-19)22(29)25-21-17-10-15-9-16(12-17)13-18(21)11-15/h2-6,14-18,21,28H,7-13H2,1H3,(H,25,29). The Hall–Kier alpha value is -2.34. The lowest BCUT2D eigenvalue weighted by Gasteiger charge is -2.54. The predicted octanol–water partition coefficient (Wildman–Crippen LogP) is 2.86. The molecule has 6 rings (SSSR count). The van der Waals surface area contributed by atoms with Crippen molar-refractivity contribution in [3.05, 3.63) is 42.1 Å². The van der Waals surface area contributed by atoms with Crippen molar-refractivity contribution in [3.8, 4) is 5.69 Å². The molecule has 1 aromatic heterocycles. The second-order valence-corrected chi connectivity index (χ2v) is 9.20. The molecule has 0 spiro atoms. The maximum Gasteiger partial charge on any atom is 0.256 e. The number of hydrogen-bond donors (Lipinski definition) is 2. The van der Waals surface area contributed by atoms with E-state index in [2.05, 4.69) is 10.4 Å². The number of rotatable bonds is 6. The van der Waals surface area contributed by atoms with Gasteiger partial charge in [0.15, 0.2) is 0 Å². The molecule has 1 aromatic carbocycles. The monoisotopic (exact) mass is 394 g/mol. The number of benzene rings is 1. The van der Waals surface area contributed by atoms with Crippen LogP contribution < -0.4 is 10.2 Å². The zero-order valence-corrected chi connectivity index (χ0v) is 17.0. The lowest BCUT2D eigenvalue weighted by atomic mass is 9.54. The molecule has 1 amide bonds. The highest BCUT2D eigenvalue weighted by Crippen LogP contribution is 2.53. The predicted molar refractivity (Wildman–Crippen MR) is 112 cm³/mol. The van der Waals surface area contributed by atoms with Gasteiger partial charge in [-0.2, -0.15) is 5.10 Å². The van der Waals surface area contributed by atoms with E-state index in [1.165, 1.54) is 32.1 Å². The third-order valence-electron chi connectivity index (χ3n) is 7.31. The topological polar surface area (TPSA) is 70.4 Å².